The van der Waals surface area contributed by atoms with Crippen molar-refractivity contribution in [3.63, 3.8) is 0 Å². The van der Waals surface area contributed by atoms with Crippen molar-refractivity contribution in [1.29, 1.82) is 10.7 Å². The Morgan fingerprint density at radius 3 is 2.68 bits per heavy atom. The van der Waals surface area contributed by atoms with Crippen molar-refractivity contribution in [2.75, 3.05) is 13.2 Å². The second-order valence-electron chi connectivity index (χ2n) is 9.19. The lowest BCUT2D eigenvalue weighted by Crippen LogP contribution is -2.48. The van der Waals surface area contributed by atoms with Crippen LogP contribution < -0.4 is 5.32 Å². The fourth-order valence-corrected chi connectivity index (χ4v) is 5.75. The van der Waals surface area contributed by atoms with Gasteiger partial charge in [0, 0.05) is 46.3 Å². The van der Waals surface area contributed by atoms with Crippen molar-refractivity contribution >= 4 is 28.8 Å². The van der Waals surface area contributed by atoms with Crippen LogP contribution in [0.1, 0.15) is 63.8 Å². The first-order valence-corrected chi connectivity index (χ1v) is 12.0. The fourth-order valence-electron chi connectivity index (χ4n) is 4.05. The summed E-state index contributed by atoms with van der Waals surface area (Å²) < 4.78 is 5.49. The average molecular weight is 459 g/mol. The molecule has 2 aromatic rings. The average Bonchev–Trinajstić information content (AvgIpc) is 3.16. The first-order chi connectivity index (χ1) is 14.7. The van der Waals surface area contributed by atoms with Crippen LogP contribution >= 0.6 is 22.9 Å². The Labute approximate surface area is 194 Å². The van der Waals surface area contributed by atoms with Gasteiger partial charge in [-0.15, -0.1) is 11.3 Å². The van der Waals surface area contributed by atoms with Crippen LogP contribution in [0.4, 0.5) is 0 Å². The number of nitriles is 1. The Kier molecular flexibility index (Phi) is 7.41. The Balaban J connectivity index is 1.81. The second-order valence-corrected chi connectivity index (χ2v) is 10.7. The molecule has 0 saturated carbocycles. The van der Waals surface area contributed by atoms with E-state index in [1.54, 1.807) is 23.7 Å². The minimum Gasteiger partial charge on any atom is -0.381 e. The predicted molar refractivity (Wildman–Crippen MR) is 128 cm³/mol. The molecule has 2 aromatic heterocycles. The smallest absolute Gasteiger partial charge is 0.101 e. The van der Waals surface area contributed by atoms with Gasteiger partial charge in [0.2, 0.25) is 0 Å². The van der Waals surface area contributed by atoms with Crippen LogP contribution in [0.25, 0.3) is 10.4 Å². The molecule has 0 aliphatic carbocycles. The number of nitrogens with one attached hydrogen (secondary N) is 2. The number of amidine groups is 1. The number of halogens is 1. The lowest BCUT2D eigenvalue weighted by Gasteiger charge is -2.38. The number of hydrogen-bond donors (Lipinski definition) is 2. The number of nitrogens with zero attached hydrogens (tertiary/aromatic N) is 2. The van der Waals surface area contributed by atoms with Gasteiger partial charge < -0.3 is 10.1 Å². The van der Waals surface area contributed by atoms with Gasteiger partial charge >= 0.3 is 0 Å². The van der Waals surface area contributed by atoms with E-state index in [0.29, 0.717) is 22.3 Å². The predicted octanol–water partition coefficient (Wildman–Crippen LogP) is 6.37. The number of hydrogen-bond acceptors (Lipinski definition) is 5. The Morgan fingerprint density at radius 2 is 2.03 bits per heavy atom. The summed E-state index contributed by atoms with van der Waals surface area (Å²) in [5, 5.41) is 22.3. The quantitative estimate of drug-likeness (QED) is 0.373. The molecule has 166 valence electrons. The van der Waals surface area contributed by atoms with E-state index in [4.69, 9.17) is 21.7 Å². The van der Waals surface area contributed by atoms with E-state index in [-0.39, 0.29) is 5.41 Å². The zero-order valence-corrected chi connectivity index (χ0v) is 20.3. The maximum Gasteiger partial charge on any atom is 0.101 e. The molecule has 5 nitrogen and oxygen atoms in total. The van der Waals surface area contributed by atoms with E-state index >= 15 is 0 Å². The molecule has 2 N–H and O–H groups in total. The van der Waals surface area contributed by atoms with Gasteiger partial charge in [-0.25, -0.2) is 0 Å². The summed E-state index contributed by atoms with van der Waals surface area (Å²) in [5.74, 6) is 1.14. The molecule has 31 heavy (non-hydrogen) atoms. The molecule has 0 unspecified atom stereocenters. The summed E-state index contributed by atoms with van der Waals surface area (Å²) in [7, 11) is 0. The summed E-state index contributed by atoms with van der Waals surface area (Å²) in [5.41, 5.74) is 0.697. The highest BCUT2D eigenvalue weighted by atomic mass is 35.5. The summed E-state index contributed by atoms with van der Waals surface area (Å²) >= 11 is 8.28. The van der Waals surface area contributed by atoms with Gasteiger partial charge in [0.15, 0.2) is 0 Å². The summed E-state index contributed by atoms with van der Waals surface area (Å²) in [4.78, 5) is 6.14. The highest BCUT2D eigenvalue weighted by Crippen LogP contribution is 2.42. The van der Waals surface area contributed by atoms with Gasteiger partial charge in [0.1, 0.15) is 6.07 Å². The first-order valence-electron chi connectivity index (χ1n) is 10.8. The monoisotopic (exact) mass is 458 g/mol. The van der Waals surface area contributed by atoms with E-state index in [1.807, 2.05) is 12.1 Å². The molecule has 0 bridgehead atoms. The molecule has 7 heteroatoms. The maximum absolute atomic E-state index is 9.18. The SMILES string of the molecule is CC[C@](C)(NC(=N)C(C)(C)CC1CCOCC1)c1sc(-c2cncc(C#N)c2)cc1Cl. The third kappa shape index (κ3) is 5.46. The Bertz CT molecular complexity index is 974. The third-order valence-corrected chi connectivity index (χ3v) is 8.12. The number of rotatable bonds is 7. The van der Waals surface area contributed by atoms with E-state index in [1.165, 1.54) is 0 Å². The van der Waals surface area contributed by atoms with Crippen molar-refractivity contribution in [3.8, 4) is 16.5 Å². The number of pyridine rings is 1. The zero-order valence-electron chi connectivity index (χ0n) is 18.7. The van der Waals surface area contributed by atoms with Crippen LogP contribution in [-0.4, -0.2) is 24.0 Å². The molecule has 0 radical (unpaired) electrons. The van der Waals surface area contributed by atoms with Crippen LogP contribution in [0.15, 0.2) is 24.5 Å². The summed E-state index contributed by atoms with van der Waals surface area (Å²) in [6, 6.07) is 5.90. The maximum atomic E-state index is 9.18. The molecular formula is C24H31ClN4OS. The first kappa shape index (κ1) is 23.7. The molecule has 0 spiro atoms. The van der Waals surface area contributed by atoms with Gasteiger partial charge in [-0.1, -0.05) is 32.4 Å². The van der Waals surface area contributed by atoms with Crippen molar-refractivity contribution < 1.29 is 4.74 Å². The number of aromatic nitrogens is 1. The molecule has 0 amide bonds. The highest BCUT2D eigenvalue weighted by Gasteiger charge is 2.36. The topological polar surface area (TPSA) is 81.8 Å². The molecule has 1 fully saturated rings. The lowest BCUT2D eigenvalue weighted by molar-refractivity contribution is 0.0566. The Hall–Kier alpha value is -1.94. The van der Waals surface area contributed by atoms with Crippen LogP contribution in [0, 0.1) is 28.1 Å². The lowest BCUT2D eigenvalue weighted by atomic mass is 9.78. The molecule has 3 rings (SSSR count). The third-order valence-electron chi connectivity index (χ3n) is 6.26. The van der Waals surface area contributed by atoms with E-state index in [0.717, 1.165) is 54.2 Å². The van der Waals surface area contributed by atoms with Gasteiger partial charge in [-0.05, 0) is 50.7 Å². The molecule has 0 aromatic carbocycles. The summed E-state index contributed by atoms with van der Waals surface area (Å²) in [6.45, 7) is 10.2. The van der Waals surface area contributed by atoms with Gasteiger partial charge in [0.25, 0.3) is 0 Å². The minimum absolute atomic E-state index is 0.254. The van der Waals surface area contributed by atoms with Crippen LogP contribution in [-0.2, 0) is 10.3 Å². The minimum atomic E-state index is -0.454. The fraction of sp³-hybridized carbons (Fsp3) is 0.542. The van der Waals surface area contributed by atoms with Crippen molar-refractivity contribution in [2.45, 2.75) is 58.9 Å². The van der Waals surface area contributed by atoms with Crippen LogP contribution in [0.3, 0.4) is 0 Å². The van der Waals surface area contributed by atoms with E-state index < -0.39 is 5.54 Å². The Morgan fingerprint density at radius 1 is 1.32 bits per heavy atom. The number of thiophene rings is 1. The molecule has 1 aliphatic heterocycles. The van der Waals surface area contributed by atoms with Gasteiger partial charge in [0.05, 0.1) is 22.0 Å². The normalized spacial score (nSPS) is 17.0. The molecule has 1 atom stereocenters. The molecule has 1 saturated heterocycles. The molecule has 3 heterocycles. The standard InChI is InChI=1S/C24H31ClN4OS/c1-5-24(4,29-22(27)23(2,3)12-16-6-8-30-9-7-16)21-19(25)11-20(31-21)18-10-17(13-26)14-28-15-18/h10-11,14-16H,5-9,12H2,1-4H3,(H2,27,29)/t24-/m0/s1. The van der Waals surface area contributed by atoms with Gasteiger partial charge in [-0.2, -0.15) is 5.26 Å². The van der Waals surface area contributed by atoms with Crippen molar-refractivity contribution in [3.05, 3.63) is 40.0 Å². The highest BCUT2D eigenvalue weighted by molar-refractivity contribution is 7.16. The van der Waals surface area contributed by atoms with Crippen molar-refractivity contribution in [1.82, 2.24) is 10.3 Å². The largest absolute Gasteiger partial charge is 0.381 e. The van der Waals surface area contributed by atoms with Crippen LogP contribution in [0.5, 0.6) is 0 Å². The van der Waals surface area contributed by atoms with E-state index in [2.05, 4.69) is 44.1 Å². The van der Waals surface area contributed by atoms with E-state index in [9.17, 15) is 5.26 Å². The number of ether oxygens (including phenoxy) is 1. The van der Waals surface area contributed by atoms with Crippen molar-refractivity contribution in [2.24, 2.45) is 11.3 Å². The second kappa shape index (κ2) is 9.68. The molecular weight excluding hydrogens is 428 g/mol. The van der Waals surface area contributed by atoms with Gasteiger partial charge in [-0.3, -0.25) is 10.4 Å². The van der Waals surface area contributed by atoms with Crippen LogP contribution in [0.2, 0.25) is 5.02 Å². The molecule has 1 aliphatic rings. The summed E-state index contributed by atoms with van der Waals surface area (Å²) in [6.07, 6.45) is 7.20. The zero-order chi connectivity index (χ0) is 22.6.